The monoisotopic (exact) mass is 289 g/mol. The smallest absolute Gasteiger partial charge is 0.450 e. The number of ether oxygens (including phenoxy) is 1. The van der Waals surface area contributed by atoms with E-state index in [1.54, 1.807) is 42.5 Å². The second-order valence-electron chi connectivity index (χ2n) is 4.09. The number of benzene rings is 2. The molecule has 0 N–H and O–H groups in total. The minimum absolute atomic E-state index is 0.0218. The molecular weight excluding hydrogens is 279 g/mol. The molecule has 0 unspecified atom stereocenters. The third-order valence-electron chi connectivity index (χ3n) is 2.62. The molecule has 0 saturated carbocycles. The van der Waals surface area contributed by atoms with Crippen LogP contribution in [0.5, 0.6) is 5.75 Å². The van der Waals surface area contributed by atoms with Crippen LogP contribution in [-0.2, 0) is 0 Å². The minimum Gasteiger partial charge on any atom is -0.451 e. The number of hydrogen-bond donors (Lipinski definition) is 0. The normalized spacial score (nSPS) is 12.3. The van der Waals surface area contributed by atoms with Crippen molar-refractivity contribution in [1.82, 2.24) is 0 Å². The molecule has 0 atom stereocenters. The predicted molar refractivity (Wildman–Crippen MR) is 72.1 cm³/mol. The van der Waals surface area contributed by atoms with E-state index >= 15 is 0 Å². The number of nitriles is 1. The summed E-state index contributed by atoms with van der Waals surface area (Å²) in [7, 11) is 0. The van der Waals surface area contributed by atoms with Crippen LogP contribution in [-0.4, -0.2) is 6.18 Å². The zero-order chi connectivity index (χ0) is 15.3. The van der Waals surface area contributed by atoms with E-state index in [1.807, 2.05) is 0 Å². The molecule has 0 saturated heterocycles. The molecule has 106 valence electrons. The van der Waals surface area contributed by atoms with Gasteiger partial charge in [-0.15, -0.1) is 0 Å². The fourth-order valence-corrected chi connectivity index (χ4v) is 1.71. The van der Waals surface area contributed by atoms with Crippen molar-refractivity contribution >= 4 is 5.57 Å². The molecule has 2 aromatic rings. The van der Waals surface area contributed by atoms with Gasteiger partial charge >= 0.3 is 6.18 Å². The van der Waals surface area contributed by atoms with Gasteiger partial charge in [-0.2, -0.15) is 18.4 Å². The van der Waals surface area contributed by atoms with Crippen molar-refractivity contribution in [3.63, 3.8) is 0 Å². The molecule has 0 radical (unpaired) electrons. The zero-order valence-electron chi connectivity index (χ0n) is 10.8. The van der Waals surface area contributed by atoms with Gasteiger partial charge in [-0.05, 0) is 17.7 Å². The average molecular weight is 289 g/mol. The Kier molecular flexibility index (Phi) is 4.29. The molecule has 0 fully saturated rings. The Morgan fingerprint density at radius 3 is 1.90 bits per heavy atom. The van der Waals surface area contributed by atoms with Crippen molar-refractivity contribution in [3.05, 3.63) is 72.0 Å². The fourth-order valence-electron chi connectivity index (χ4n) is 1.71. The lowest BCUT2D eigenvalue weighted by Crippen LogP contribution is -2.19. The standard InChI is InChI=1S/C16H10F3NO/c17-16(18,19)15(21-13-9-5-2-6-10-13)14(11-20)12-7-3-1-4-8-12/h1-10H/b15-14-. The SMILES string of the molecule is N#C/C(=C(/Oc1ccccc1)C(F)(F)F)c1ccccc1. The number of rotatable bonds is 3. The van der Waals surface area contributed by atoms with E-state index in [-0.39, 0.29) is 11.3 Å². The van der Waals surface area contributed by atoms with E-state index in [4.69, 9.17) is 10.00 Å². The highest BCUT2D eigenvalue weighted by atomic mass is 19.4. The van der Waals surface area contributed by atoms with Crippen molar-refractivity contribution in [2.24, 2.45) is 0 Å². The Balaban J connectivity index is 2.53. The van der Waals surface area contributed by atoms with Crippen LogP contribution in [0.2, 0.25) is 0 Å². The van der Waals surface area contributed by atoms with Crippen LogP contribution in [0.3, 0.4) is 0 Å². The van der Waals surface area contributed by atoms with E-state index in [0.29, 0.717) is 0 Å². The molecule has 0 bridgehead atoms. The molecule has 0 aliphatic heterocycles. The second-order valence-corrected chi connectivity index (χ2v) is 4.09. The third-order valence-corrected chi connectivity index (χ3v) is 2.62. The average Bonchev–Trinajstić information content (AvgIpc) is 2.48. The first-order valence-corrected chi connectivity index (χ1v) is 6.02. The van der Waals surface area contributed by atoms with Crippen molar-refractivity contribution in [2.75, 3.05) is 0 Å². The Morgan fingerprint density at radius 2 is 1.43 bits per heavy atom. The van der Waals surface area contributed by atoms with Crippen LogP contribution in [0.15, 0.2) is 66.4 Å². The lowest BCUT2D eigenvalue weighted by Gasteiger charge is -2.15. The highest BCUT2D eigenvalue weighted by molar-refractivity contribution is 5.79. The van der Waals surface area contributed by atoms with Gasteiger partial charge in [0.25, 0.3) is 0 Å². The molecule has 0 aliphatic rings. The second kappa shape index (κ2) is 6.14. The Bertz CT molecular complexity index is 670. The summed E-state index contributed by atoms with van der Waals surface area (Å²) in [5, 5.41) is 9.10. The van der Waals surface area contributed by atoms with Gasteiger partial charge in [-0.25, -0.2) is 0 Å². The largest absolute Gasteiger partial charge is 0.451 e. The maximum atomic E-state index is 13.2. The van der Waals surface area contributed by atoms with Crippen molar-refractivity contribution in [1.29, 1.82) is 5.26 Å². The summed E-state index contributed by atoms with van der Waals surface area (Å²) in [6, 6.07) is 16.8. The van der Waals surface area contributed by atoms with Gasteiger partial charge in [0.2, 0.25) is 5.76 Å². The van der Waals surface area contributed by atoms with Gasteiger partial charge in [0.15, 0.2) is 0 Å². The molecule has 0 aromatic heterocycles. The summed E-state index contributed by atoms with van der Waals surface area (Å²) < 4.78 is 44.5. The van der Waals surface area contributed by atoms with E-state index in [9.17, 15) is 13.2 Å². The summed E-state index contributed by atoms with van der Waals surface area (Å²) in [5.41, 5.74) is -0.393. The van der Waals surface area contributed by atoms with Gasteiger partial charge < -0.3 is 4.74 Å². The van der Waals surface area contributed by atoms with Crippen molar-refractivity contribution < 1.29 is 17.9 Å². The van der Waals surface area contributed by atoms with Crippen molar-refractivity contribution in [3.8, 4) is 11.8 Å². The molecular formula is C16H10F3NO. The Labute approximate surface area is 119 Å². The van der Waals surface area contributed by atoms with Gasteiger partial charge in [0.05, 0.1) is 0 Å². The first kappa shape index (κ1) is 14.7. The molecule has 21 heavy (non-hydrogen) atoms. The molecule has 2 nitrogen and oxygen atoms in total. The molecule has 0 aliphatic carbocycles. The highest BCUT2D eigenvalue weighted by Crippen LogP contribution is 2.34. The number of alkyl halides is 3. The number of halogens is 3. The van der Waals surface area contributed by atoms with E-state index in [1.165, 1.54) is 24.3 Å². The molecule has 0 spiro atoms. The van der Waals surface area contributed by atoms with Gasteiger partial charge in [-0.3, -0.25) is 0 Å². The predicted octanol–water partition coefficient (Wildman–Crippen LogP) is 4.56. The number of hydrogen-bond acceptors (Lipinski definition) is 2. The first-order valence-electron chi connectivity index (χ1n) is 6.02. The minimum atomic E-state index is -4.77. The van der Waals surface area contributed by atoms with Crippen LogP contribution in [0.25, 0.3) is 5.57 Å². The number of nitrogens with zero attached hydrogens (tertiary/aromatic N) is 1. The fraction of sp³-hybridized carbons (Fsp3) is 0.0625. The van der Waals surface area contributed by atoms with Crippen LogP contribution in [0.4, 0.5) is 13.2 Å². The first-order chi connectivity index (χ1) is 10.0. The Hall–Kier alpha value is -2.74. The quantitative estimate of drug-likeness (QED) is 0.613. The third kappa shape index (κ3) is 3.63. The van der Waals surface area contributed by atoms with Gasteiger partial charge in [-0.1, -0.05) is 48.5 Å². The maximum Gasteiger partial charge on any atom is 0.450 e. The molecule has 2 aromatic carbocycles. The summed E-state index contributed by atoms with van der Waals surface area (Å²) >= 11 is 0. The van der Waals surface area contributed by atoms with E-state index in [2.05, 4.69) is 0 Å². The summed E-state index contributed by atoms with van der Waals surface area (Å²) in [5.74, 6) is -1.30. The summed E-state index contributed by atoms with van der Waals surface area (Å²) in [6.07, 6.45) is -4.77. The molecule has 0 amide bonds. The van der Waals surface area contributed by atoms with Gasteiger partial charge in [0.1, 0.15) is 17.4 Å². The van der Waals surface area contributed by atoms with Crippen LogP contribution < -0.4 is 4.74 Å². The van der Waals surface area contributed by atoms with E-state index in [0.717, 1.165) is 0 Å². The number of para-hydroxylation sites is 1. The van der Waals surface area contributed by atoms with Crippen LogP contribution in [0, 0.1) is 11.3 Å². The molecule has 0 heterocycles. The van der Waals surface area contributed by atoms with Crippen molar-refractivity contribution in [2.45, 2.75) is 6.18 Å². The lowest BCUT2D eigenvalue weighted by molar-refractivity contribution is -0.115. The zero-order valence-corrected chi connectivity index (χ0v) is 10.8. The summed E-state index contributed by atoms with van der Waals surface area (Å²) in [6.45, 7) is 0. The topological polar surface area (TPSA) is 33.0 Å². The highest BCUT2D eigenvalue weighted by Gasteiger charge is 2.40. The molecule has 5 heteroatoms. The Morgan fingerprint density at radius 1 is 0.905 bits per heavy atom. The van der Waals surface area contributed by atoms with E-state index < -0.39 is 17.5 Å². The van der Waals surface area contributed by atoms with Gasteiger partial charge in [0, 0.05) is 0 Å². The lowest BCUT2D eigenvalue weighted by atomic mass is 10.1. The maximum absolute atomic E-state index is 13.2. The molecule has 2 rings (SSSR count). The van der Waals surface area contributed by atoms with Crippen LogP contribution >= 0.6 is 0 Å². The number of allylic oxidation sites excluding steroid dienone is 2. The summed E-state index contributed by atoms with van der Waals surface area (Å²) in [4.78, 5) is 0. The van der Waals surface area contributed by atoms with Crippen LogP contribution in [0.1, 0.15) is 5.56 Å².